The largest absolute Gasteiger partial charge is 0.321 e. The number of likely N-dealkylation sites (tertiary alicyclic amines) is 1. The summed E-state index contributed by atoms with van der Waals surface area (Å²) in [4.78, 5) is 25.2. The number of amides is 1. The van der Waals surface area contributed by atoms with Crippen LogP contribution in [0.1, 0.15) is 54.0 Å². The minimum absolute atomic E-state index is 0.0618. The third-order valence-corrected chi connectivity index (χ3v) is 7.87. The molecule has 3 heterocycles. The van der Waals surface area contributed by atoms with Gasteiger partial charge in [0.1, 0.15) is 0 Å². The average molecular weight is 515 g/mol. The van der Waals surface area contributed by atoms with Crippen LogP contribution in [0.5, 0.6) is 0 Å². The summed E-state index contributed by atoms with van der Waals surface area (Å²) in [5.41, 5.74) is 10.7. The molecule has 0 bridgehead atoms. The first-order chi connectivity index (χ1) is 19.2. The standard InChI is InChI=1S/C34H34N4O/c1-2-27-9-10-28-11-12-29(30-16-26(20-35-21-30)23-38-13-6-14-38)18-32(28)33(27)34(39)37-31-17-25(19-36-22-31)15-24-7-4-3-5-8-24/h3-5,7-8,11-12,16-22H,2,6,9-10,13-15,23H2,1H3,(H,37,39). The van der Waals surface area contributed by atoms with Crippen molar-refractivity contribution in [1.82, 2.24) is 14.9 Å². The van der Waals surface area contributed by atoms with Crippen molar-refractivity contribution in [2.75, 3.05) is 18.4 Å². The lowest BCUT2D eigenvalue weighted by Gasteiger charge is -2.30. The van der Waals surface area contributed by atoms with E-state index >= 15 is 0 Å². The molecule has 1 aliphatic heterocycles. The Bertz CT molecular complexity index is 1520. The number of aryl methyl sites for hydroxylation is 1. The molecule has 0 atom stereocenters. The molecule has 2 aromatic carbocycles. The predicted octanol–water partition coefficient (Wildman–Crippen LogP) is 6.69. The summed E-state index contributed by atoms with van der Waals surface area (Å²) in [7, 11) is 0. The molecular weight excluding hydrogens is 480 g/mol. The molecule has 1 aliphatic carbocycles. The molecule has 39 heavy (non-hydrogen) atoms. The van der Waals surface area contributed by atoms with Gasteiger partial charge in [-0.15, -0.1) is 0 Å². The van der Waals surface area contributed by atoms with Gasteiger partial charge in [0.2, 0.25) is 0 Å². The lowest BCUT2D eigenvalue weighted by Crippen LogP contribution is -2.36. The zero-order valence-electron chi connectivity index (χ0n) is 22.5. The van der Waals surface area contributed by atoms with Gasteiger partial charge >= 0.3 is 0 Å². The molecule has 196 valence electrons. The zero-order chi connectivity index (χ0) is 26.6. The van der Waals surface area contributed by atoms with Gasteiger partial charge in [-0.3, -0.25) is 19.7 Å². The van der Waals surface area contributed by atoms with Gasteiger partial charge in [0.15, 0.2) is 0 Å². The second kappa shape index (κ2) is 11.3. The third-order valence-electron chi connectivity index (χ3n) is 7.87. The number of hydrogen-bond acceptors (Lipinski definition) is 4. The van der Waals surface area contributed by atoms with Crippen molar-refractivity contribution in [1.29, 1.82) is 0 Å². The number of hydrogen-bond donors (Lipinski definition) is 1. The molecule has 1 saturated heterocycles. The number of nitrogens with one attached hydrogen (secondary N) is 1. The van der Waals surface area contributed by atoms with Crippen molar-refractivity contribution in [3.8, 4) is 11.1 Å². The molecular formula is C34H34N4O. The molecule has 0 unspecified atom stereocenters. The van der Waals surface area contributed by atoms with E-state index in [2.05, 4.69) is 63.5 Å². The minimum atomic E-state index is -0.0618. The molecule has 2 aromatic heterocycles. The third kappa shape index (κ3) is 5.69. The van der Waals surface area contributed by atoms with Crippen molar-refractivity contribution in [2.45, 2.75) is 45.6 Å². The number of rotatable bonds is 8. The lowest BCUT2D eigenvalue weighted by atomic mass is 9.82. The maximum atomic E-state index is 13.8. The summed E-state index contributed by atoms with van der Waals surface area (Å²) >= 11 is 0. The molecule has 1 fully saturated rings. The fourth-order valence-corrected chi connectivity index (χ4v) is 5.65. The fraction of sp³-hybridized carbons (Fsp3) is 0.265. The van der Waals surface area contributed by atoms with Crippen LogP contribution in [0.3, 0.4) is 0 Å². The summed E-state index contributed by atoms with van der Waals surface area (Å²) in [6.45, 7) is 5.41. The Morgan fingerprint density at radius 1 is 0.846 bits per heavy atom. The van der Waals surface area contributed by atoms with Crippen LogP contribution in [-0.2, 0) is 24.2 Å². The molecule has 2 aliphatic rings. The van der Waals surface area contributed by atoms with E-state index in [1.807, 2.05) is 42.9 Å². The Morgan fingerprint density at radius 2 is 1.67 bits per heavy atom. The molecule has 0 spiro atoms. The number of anilines is 1. The maximum absolute atomic E-state index is 13.8. The highest BCUT2D eigenvalue weighted by atomic mass is 16.1. The summed E-state index contributed by atoms with van der Waals surface area (Å²) in [6, 6.07) is 21.1. The van der Waals surface area contributed by atoms with Gasteiger partial charge in [-0.25, -0.2) is 0 Å². The van der Waals surface area contributed by atoms with E-state index in [1.165, 1.54) is 28.7 Å². The molecule has 5 nitrogen and oxygen atoms in total. The molecule has 0 saturated carbocycles. The molecule has 1 N–H and O–H groups in total. The maximum Gasteiger partial charge on any atom is 0.256 e. The second-order valence-electron chi connectivity index (χ2n) is 10.6. The first kappa shape index (κ1) is 25.2. The van der Waals surface area contributed by atoms with Crippen molar-refractivity contribution >= 4 is 17.2 Å². The van der Waals surface area contributed by atoms with Crippen LogP contribution in [-0.4, -0.2) is 33.9 Å². The smallest absolute Gasteiger partial charge is 0.256 e. The SMILES string of the molecule is CCC1=C(C(=O)Nc2cncc(Cc3ccccc3)c2)c2cc(-c3cncc(CN4CCC4)c3)ccc2CC1. The summed E-state index contributed by atoms with van der Waals surface area (Å²) in [5, 5.41) is 3.17. The average Bonchev–Trinajstić information content (AvgIpc) is 2.95. The van der Waals surface area contributed by atoms with Crippen molar-refractivity contribution in [2.24, 2.45) is 0 Å². The van der Waals surface area contributed by atoms with Crippen LogP contribution in [0, 0.1) is 0 Å². The number of pyridine rings is 2. The molecule has 0 radical (unpaired) electrons. The zero-order valence-corrected chi connectivity index (χ0v) is 22.5. The van der Waals surface area contributed by atoms with Gasteiger partial charge in [-0.2, -0.15) is 0 Å². The molecule has 5 heteroatoms. The number of fused-ring (bicyclic) bond motifs is 1. The highest BCUT2D eigenvalue weighted by molar-refractivity contribution is 6.26. The first-order valence-electron chi connectivity index (χ1n) is 14.0. The van der Waals surface area contributed by atoms with Crippen molar-refractivity contribution in [3.05, 3.63) is 119 Å². The summed E-state index contributed by atoms with van der Waals surface area (Å²) in [5.74, 6) is -0.0618. The van der Waals surface area contributed by atoms with Crippen LogP contribution in [0.25, 0.3) is 16.7 Å². The van der Waals surface area contributed by atoms with E-state index in [0.717, 1.165) is 78.8 Å². The van der Waals surface area contributed by atoms with E-state index in [9.17, 15) is 4.79 Å². The van der Waals surface area contributed by atoms with Crippen LogP contribution in [0.2, 0.25) is 0 Å². The second-order valence-corrected chi connectivity index (χ2v) is 10.6. The van der Waals surface area contributed by atoms with Gasteiger partial charge in [0.25, 0.3) is 5.91 Å². The fourth-order valence-electron chi connectivity index (χ4n) is 5.65. The Kier molecular flexibility index (Phi) is 7.33. The molecule has 4 aromatic rings. The Morgan fingerprint density at radius 3 is 2.46 bits per heavy atom. The number of carbonyl (C=O) groups excluding carboxylic acids is 1. The number of benzene rings is 2. The topological polar surface area (TPSA) is 58.1 Å². The Labute approximate surface area is 230 Å². The van der Waals surface area contributed by atoms with E-state index in [1.54, 1.807) is 6.20 Å². The first-order valence-corrected chi connectivity index (χ1v) is 14.0. The Balaban J connectivity index is 1.27. The van der Waals surface area contributed by atoms with Crippen LogP contribution >= 0.6 is 0 Å². The van der Waals surface area contributed by atoms with E-state index in [4.69, 9.17) is 0 Å². The summed E-state index contributed by atoms with van der Waals surface area (Å²) < 4.78 is 0. The molecule has 6 rings (SSSR count). The molecule has 1 amide bonds. The highest BCUT2D eigenvalue weighted by Crippen LogP contribution is 2.36. The number of allylic oxidation sites excluding steroid dienone is 1. The van der Waals surface area contributed by atoms with Crippen molar-refractivity contribution in [3.63, 3.8) is 0 Å². The van der Waals surface area contributed by atoms with Gasteiger partial charge < -0.3 is 5.32 Å². The predicted molar refractivity (Wildman–Crippen MR) is 157 cm³/mol. The minimum Gasteiger partial charge on any atom is -0.321 e. The Hall–Kier alpha value is -4.09. The number of nitrogens with zero attached hydrogens (tertiary/aromatic N) is 3. The number of carbonyl (C=O) groups is 1. The van der Waals surface area contributed by atoms with E-state index < -0.39 is 0 Å². The quantitative estimate of drug-likeness (QED) is 0.285. The van der Waals surface area contributed by atoms with Gasteiger partial charge in [-0.1, -0.05) is 55.0 Å². The van der Waals surface area contributed by atoms with Gasteiger partial charge in [0, 0.05) is 36.3 Å². The van der Waals surface area contributed by atoms with E-state index in [0.29, 0.717) is 0 Å². The van der Waals surface area contributed by atoms with Crippen LogP contribution in [0.4, 0.5) is 5.69 Å². The summed E-state index contributed by atoms with van der Waals surface area (Å²) in [6.07, 6.45) is 12.3. The van der Waals surface area contributed by atoms with Crippen LogP contribution in [0.15, 0.2) is 91.0 Å². The highest BCUT2D eigenvalue weighted by Gasteiger charge is 2.24. The normalized spacial score (nSPS) is 15.0. The number of aromatic nitrogens is 2. The van der Waals surface area contributed by atoms with E-state index in [-0.39, 0.29) is 5.91 Å². The van der Waals surface area contributed by atoms with Gasteiger partial charge in [-0.05, 0) is 96.8 Å². The van der Waals surface area contributed by atoms with Crippen LogP contribution < -0.4 is 5.32 Å². The lowest BCUT2D eigenvalue weighted by molar-refractivity contribution is -0.111. The monoisotopic (exact) mass is 514 g/mol. The van der Waals surface area contributed by atoms with Gasteiger partial charge in [0.05, 0.1) is 11.9 Å². The van der Waals surface area contributed by atoms with Crippen molar-refractivity contribution < 1.29 is 4.79 Å².